The van der Waals surface area contributed by atoms with Crippen molar-refractivity contribution < 1.29 is 9.59 Å². The molecule has 0 radical (unpaired) electrons. The largest absolute Gasteiger partial charge is 0.359 e. The Balaban J connectivity index is 1.59. The number of carbonyl (C=O) groups is 2. The Morgan fingerprint density at radius 2 is 2.15 bits per heavy atom. The fraction of sp³-hybridized carbons (Fsp3) is 0.182. The summed E-state index contributed by atoms with van der Waals surface area (Å²) in [5.74, 6) is -0.898. The molecular weight excluding hydrogens is 422 g/mol. The minimum absolute atomic E-state index is 0.00867. The molecule has 3 aliphatic heterocycles. The van der Waals surface area contributed by atoms with E-state index < -0.39 is 11.5 Å². The highest BCUT2D eigenvalue weighted by molar-refractivity contribution is 6.25. The Morgan fingerprint density at radius 3 is 2.88 bits per heavy atom. The van der Waals surface area contributed by atoms with Gasteiger partial charge in [0.15, 0.2) is 5.82 Å². The number of hydrazone groups is 1. The highest BCUT2D eigenvalue weighted by Crippen LogP contribution is 2.35. The normalized spacial score (nSPS) is 24.9. The van der Waals surface area contributed by atoms with Gasteiger partial charge in [-0.15, -0.1) is 0 Å². The first kappa shape index (κ1) is 20.4. The monoisotopic (exact) mass is 441 g/mol. The van der Waals surface area contributed by atoms with Crippen molar-refractivity contribution in [2.75, 3.05) is 0 Å². The van der Waals surface area contributed by atoms with E-state index in [0.29, 0.717) is 22.8 Å². The van der Waals surface area contributed by atoms with Crippen LogP contribution in [0.3, 0.4) is 0 Å². The summed E-state index contributed by atoms with van der Waals surface area (Å²) in [5, 5.41) is 6.99. The first-order valence-corrected chi connectivity index (χ1v) is 10.2. The third kappa shape index (κ3) is 3.91. The summed E-state index contributed by atoms with van der Waals surface area (Å²) < 4.78 is 0. The lowest BCUT2D eigenvalue weighted by Gasteiger charge is -2.24. The second-order valence-electron chi connectivity index (χ2n) is 7.64. The van der Waals surface area contributed by atoms with Gasteiger partial charge in [0.1, 0.15) is 11.5 Å². The summed E-state index contributed by atoms with van der Waals surface area (Å²) in [6.45, 7) is 1.86. The number of aliphatic imine (C=N–C) groups is 2. The van der Waals surface area contributed by atoms with Crippen molar-refractivity contribution in [2.45, 2.75) is 18.9 Å². The third-order valence-electron chi connectivity index (χ3n) is 5.38. The van der Waals surface area contributed by atoms with Crippen molar-refractivity contribution in [1.82, 2.24) is 30.7 Å². The lowest BCUT2D eigenvalue weighted by Crippen LogP contribution is -2.35. The van der Waals surface area contributed by atoms with E-state index in [4.69, 9.17) is 4.99 Å². The third-order valence-corrected chi connectivity index (χ3v) is 5.38. The second kappa shape index (κ2) is 8.19. The maximum absolute atomic E-state index is 13.0. The van der Waals surface area contributed by atoms with Gasteiger partial charge in [-0.05, 0) is 19.1 Å². The number of imidazole rings is 1. The molecule has 11 nitrogen and oxygen atoms in total. The van der Waals surface area contributed by atoms with E-state index in [2.05, 4.69) is 40.8 Å². The topological polar surface area (TPSA) is 150 Å². The van der Waals surface area contributed by atoms with Crippen LogP contribution in [0.4, 0.5) is 0 Å². The minimum atomic E-state index is -1.05. The Kier molecular flexibility index (Phi) is 5.05. The van der Waals surface area contributed by atoms with Crippen LogP contribution in [-0.4, -0.2) is 54.8 Å². The molecule has 5 rings (SSSR count). The molecule has 0 spiro atoms. The molecule has 33 heavy (non-hydrogen) atoms. The smallest absolute Gasteiger partial charge is 0.254 e. The van der Waals surface area contributed by atoms with Crippen molar-refractivity contribution in [2.24, 2.45) is 21.0 Å². The van der Waals surface area contributed by atoms with Crippen LogP contribution in [0, 0.1) is 5.92 Å². The molecule has 2 aromatic rings. The number of ketones is 1. The summed E-state index contributed by atoms with van der Waals surface area (Å²) >= 11 is 0. The zero-order valence-corrected chi connectivity index (χ0v) is 17.6. The van der Waals surface area contributed by atoms with E-state index in [1.54, 1.807) is 37.2 Å². The molecule has 3 aliphatic rings. The van der Waals surface area contributed by atoms with E-state index >= 15 is 0 Å². The number of H-pyrrole nitrogens is 1. The number of aromatic amines is 1. The number of carbonyl (C=O) groups excluding carboxylic acids is 2. The van der Waals surface area contributed by atoms with E-state index in [1.165, 1.54) is 12.4 Å². The van der Waals surface area contributed by atoms with Gasteiger partial charge >= 0.3 is 0 Å². The van der Waals surface area contributed by atoms with Gasteiger partial charge in [-0.3, -0.25) is 29.5 Å². The van der Waals surface area contributed by atoms with Crippen molar-refractivity contribution >= 4 is 34.9 Å². The van der Waals surface area contributed by atoms with Gasteiger partial charge in [-0.2, -0.15) is 5.10 Å². The molecule has 0 aliphatic carbocycles. The average Bonchev–Trinajstić information content (AvgIpc) is 3.56. The fourth-order valence-electron chi connectivity index (χ4n) is 3.94. The molecule has 0 saturated carbocycles. The number of allylic oxidation sites excluding steroid dienone is 2. The number of rotatable bonds is 6. The van der Waals surface area contributed by atoms with Crippen molar-refractivity contribution in [3.05, 3.63) is 72.8 Å². The van der Waals surface area contributed by atoms with Crippen LogP contribution in [0.25, 0.3) is 5.57 Å². The van der Waals surface area contributed by atoms with E-state index in [-0.39, 0.29) is 23.9 Å². The van der Waals surface area contributed by atoms with Crippen molar-refractivity contribution in [3.8, 4) is 0 Å². The Morgan fingerprint density at radius 1 is 1.24 bits per heavy atom. The minimum Gasteiger partial charge on any atom is -0.359 e. The number of Topliss-reactive ketones (excluding diaryl/α,β-unsaturated/α-hetero) is 1. The van der Waals surface area contributed by atoms with Crippen LogP contribution >= 0.6 is 0 Å². The molecule has 2 unspecified atom stereocenters. The van der Waals surface area contributed by atoms with Gasteiger partial charge < -0.3 is 10.3 Å². The molecule has 11 heteroatoms. The molecule has 1 amide bonds. The average molecular weight is 441 g/mol. The molecule has 0 fully saturated rings. The summed E-state index contributed by atoms with van der Waals surface area (Å²) in [6.07, 6.45) is 16.4. The van der Waals surface area contributed by atoms with Gasteiger partial charge in [-0.25, -0.2) is 10.4 Å². The Labute approximate surface area is 188 Å². The molecule has 0 aromatic carbocycles. The van der Waals surface area contributed by atoms with Crippen LogP contribution in [-0.2, 0) is 4.79 Å². The van der Waals surface area contributed by atoms with Gasteiger partial charge in [-0.1, -0.05) is 0 Å². The van der Waals surface area contributed by atoms with Gasteiger partial charge in [0.2, 0.25) is 5.78 Å². The maximum atomic E-state index is 13.0. The summed E-state index contributed by atoms with van der Waals surface area (Å²) in [4.78, 5) is 50.0. The van der Waals surface area contributed by atoms with Gasteiger partial charge in [0.05, 0.1) is 23.3 Å². The quantitative estimate of drug-likeness (QED) is 0.573. The Hall–Kier alpha value is -4.54. The second-order valence-corrected chi connectivity index (χ2v) is 7.64. The zero-order chi connectivity index (χ0) is 22.8. The van der Waals surface area contributed by atoms with Crippen LogP contribution in [0.2, 0.25) is 0 Å². The van der Waals surface area contributed by atoms with Crippen LogP contribution in [0.1, 0.15) is 29.7 Å². The van der Waals surface area contributed by atoms with E-state index in [9.17, 15) is 9.59 Å². The number of hydrogen-bond donors (Lipinski definition) is 3. The zero-order valence-electron chi connectivity index (χ0n) is 17.6. The molecule has 2 atom stereocenters. The first-order chi connectivity index (χ1) is 16.0. The molecule has 0 bridgehead atoms. The van der Waals surface area contributed by atoms with Crippen LogP contribution in [0.5, 0.6) is 0 Å². The molecular formula is C22H19N9O2. The number of amides is 1. The molecule has 5 heterocycles. The fourth-order valence-corrected chi connectivity index (χ4v) is 3.94. The number of hydrogen-bond acceptors (Lipinski definition) is 9. The van der Waals surface area contributed by atoms with Crippen LogP contribution < -0.4 is 10.7 Å². The van der Waals surface area contributed by atoms with Gasteiger partial charge in [0, 0.05) is 61.1 Å². The number of nitrogens with zero attached hydrogens (tertiary/aromatic N) is 6. The summed E-state index contributed by atoms with van der Waals surface area (Å²) in [5.41, 5.74) is 4.55. The number of aromatic nitrogens is 4. The lowest BCUT2D eigenvalue weighted by atomic mass is 9.88. The van der Waals surface area contributed by atoms with Crippen molar-refractivity contribution in [3.63, 3.8) is 0 Å². The predicted octanol–water partition coefficient (Wildman–Crippen LogP) is 1.20. The molecule has 0 saturated heterocycles. The molecule has 164 valence electrons. The summed E-state index contributed by atoms with van der Waals surface area (Å²) in [6, 6.07) is 0. The van der Waals surface area contributed by atoms with E-state index in [0.717, 1.165) is 5.57 Å². The molecule has 3 N–H and O–H groups in total. The highest BCUT2D eigenvalue weighted by atomic mass is 16.2. The lowest BCUT2D eigenvalue weighted by molar-refractivity contribution is -0.120. The first-order valence-electron chi connectivity index (χ1n) is 10.2. The number of nitrogens with one attached hydrogen (secondary N) is 3. The van der Waals surface area contributed by atoms with Crippen LogP contribution in [0.15, 0.2) is 76.3 Å². The van der Waals surface area contributed by atoms with Crippen molar-refractivity contribution in [1.29, 1.82) is 0 Å². The molecule has 2 aromatic heterocycles. The van der Waals surface area contributed by atoms with Gasteiger partial charge in [0.25, 0.3) is 5.91 Å². The summed E-state index contributed by atoms with van der Waals surface area (Å²) in [7, 11) is 0. The van der Waals surface area contributed by atoms with E-state index in [1.807, 2.05) is 19.1 Å². The maximum Gasteiger partial charge on any atom is 0.254 e. The SMILES string of the molecule is CC1=NC(C=C2NC=CN=C2C2C=NNC2=O)(CC(=O)c2ncc[nH]2)C=C1c1cnccn1. The predicted molar refractivity (Wildman–Crippen MR) is 121 cm³/mol. The highest BCUT2D eigenvalue weighted by Gasteiger charge is 2.38. The standard InChI is InChI=1S/C22H19N9O2/c1-13-14(17-12-23-2-3-25-17)8-22(30-13,10-18(32)20-27-6-7-28-20)9-16-19(26-5-4-24-16)15-11-29-31-21(15)33/h2-9,11-12,15,24H,10H2,1H3,(H,27,28)(H,31,33). The Bertz CT molecular complexity index is 1290.